The minimum absolute atomic E-state index is 0.400. The highest BCUT2D eigenvalue weighted by Gasteiger charge is 2.12. The van der Waals surface area contributed by atoms with Crippen LogP contribution in [0.15, 0.2) is 25.9 Å². The van der Waals surface area contributed by atoms with Crippen molar-refractivity contribution in [2.45, 2.75) is 38.5 Å². The van der Waals surface area contributed by atoms with E-state index in [1.165, 1.54) is 19.3 Å². The van der Waals surface area contributed by atoms with Crippen LogP contribution in [0, 0.1) is 5.92 Å². The van der Waals surface area contributed by atoms with E-state index in [1.54, 1.807) is 0 Å². The number of allylic oxidation sites excluding steroid dienone is 2. The quantitative estimate of drug-likeness (QED) is 0.551. The van der Waals surface area contributed by atoms with E-state index in [9.17, 15) is 4.79 Å². The van der Waals surface area contributed by atoms with Gasteiger partial charge in [0.25, 0.3) is 0 Å². The zero-order valence-electron chi connectivity index (χ0n) is 8.65. The third kappa shape index (κ3) is 3.08. The van der Waals surface area contributed by atoms with E-state index < -0.39 is 5.82 Å². The van der Waals surface area contributed by atoms with Gasteiger partial charge in [0.1, 0.15) is 0 Å². The summed E-state index contributed by atoms with van der Waals surface area (Å²) in [6, 6.07) is 0. The third-order valence-corrected chi connectivity index (χ3v) is 2.74. The van der Waals surface area contributed by atoms with Gasteiger partial charge in [-0.2, -0.15) is 0 Å². The van der Waals surface area contributed by atoms with Crippen LogP contribution < -0.4 is 5.82 Å². The van der Waals surface area contributed by atoms with Crippen molar-refractivity contribution in [2.24, 2.45) is 5.92 Å². The van der Waals surface area contributed by atoms with Crippen molar-refractivity contribution in [1.82, 2.24) is 5.16 Å². The summed E-state index contributed by atoms with van der Waals surface area (Å²) in [5.74, 6) is 0.502. The maximum atomic E-state index is 10.5. The van der Waals surface area contributed by atoms with Gasteiger partial charge in [0, 0.05) is 6.42 Å². The number of aryl methyl sites for hydroxylation is 1. The summed E-state index contributed by atoms with van der Waals surface area (Å²) in [7, 11) is 0. The van der Waals surface area contributed by atoms with Crippen molar-refractivity contribution >= 4 is 0 Å². The lowest BCUT2D eigenvalue weighted by Gasteiger charge is -2.21. The van der Waals surface area contributed by atoms with E-state index in [0.717, 1.165) is 18.8 Å². The first-order valence-corrected chi connectivity index (χ1v) is 5.47. The van der Waals surface area contributed by atoms with Crippen LogP contribution in [-0.4, -0.2) is 5.16 Å². The summed E-state index contributed by atoms with van der Waals surface area (Å²) >= 11 is 0. The number of rotatable bonds is 5. The Morgan fingerprint density at radius 3 is 2.93 bits per heavy atom. The molecule has 0 radical (unpaired) electrons. The molecule has 0 bridgehead atoms. The van der Waals surface area contributed by atoms with Crippen LogP contribution in [0.3, 0.4) is 0 Å². The minimum Gasteiger partial charge on any atom is -0.375 e. The lowest BCUT2D eigenvalue weighted by Crippen LogP contribution is -2.06. The zero-order valence-corrected chi connectivity index (χ0v) is 8.65. The number of unbranched alkanes of at least 4 members (excludes halogenated alkanes) is 1. The Morgan fingerprint density at radius 1 is 1.47 bits per heavy atom. The van der Waals surface area contributed by atoms with Crippen molar-refractivity contribution in [3.05, 3.63) is 28.7 Å². The van der Waals surface area contributed by atoms with Crippen molar-refractivity contribution in [3.8, 4) is 0 Å². The third-order valence-electron chi connectivity index (χ3n) is 2.74. The average molecular weight is 209 g/mol. The number of aromatic nitrogens is 1. The summed E-state index contributed by atoms with van der Waals surface area (Å²) in [5.41, 5.74) is 0. The predicted molar refractivity (Wildman–Crippen MR) is 54.5 cm³/mol. The van der Waals surface area contributed by atoms with E-state index >= 15 is 0 Å². The van der Waals surface area contributed by atoms with E-state index in [0.29, 0.717) is 12.3 Å². The molecule has 0 spiro atoms. The van der Waals surface area contributed by atoms with Crippen molar-refractivity contribution in [1.29, 1.82) is 0 Å². The van der Waals surface area contributed by atoms with Crippen LogP contribution in [0.25, 0.3) is 0 Å². The van der Waals surface area contributed by atoms with Gasteiger partial charge in [-0.15, -0.1) is 0 Å². The van der Waals surface area contributed by atoms with Crippen LogP contribution in [-0.2, 0) is 6.42 Å². The summed E-state index contributed by atoms with van der Waals surface area (Å²) in [4.78, 5) is 10.5. The second-order valence-corrected chi connectivity index (χ2v) is 3.94. The number of hydrogen-bond acceptors (Lipinski definition) is 4. The lowest BCUT2D eigenvalue weighted by atomic mass is 9.85. The van der Waals surface area contributed by atoms with E-state index in [2.05, 4.69) is 26.2 Å². The van der Waals surface area contributed by atoms with Crippen LogP contribution in [0.2, 0.25) is 0 Å². The topological polar surface area (TPSA) is 56.2 Å². The van der Waals surface area contributed by atoms with Crippen molar-refractivity contribution < 1.29 is 8.94 Å². The van der Waals surface area contributed by atoms with Gasteiger partial charge >= 0.3 is 5.82 Å². The lowest BCUT2D eigenvalue weighted by molar-refractivity contribution is 0.334. The molecular weight excluding hydrogens is 194 g/mol. The molecule has 1 aromatic rings. The van der Waals surface area contributed by atoms with Gasteiger partial charge < -0.3 is 4.42 Å². The smallest absolute Gasteiger partial charge is 0.375 e. The minimum atomic E-state index is -0.713. The fourth-order valence-corrected chi connectivity index (χ4v) is 1.61. The highest BCUT2D eigenvalue weighted by molar-refractivity contribution is 4.92. The summed E-state index contributed by atoms with van der Waals surface area (Å²) < 4.78 is 8.98. The first-order valence-electron chi connectivity index (χ1n) is 5.47. The molecule has 1 aliphatic rings. The van der Waals surface area contributed by atoms with Crippen LogP contribution in [0.1, 0.15) is 38.0 Å². The molecule has 0 aliphatic heterocycles. The Bertz CT molecular complexity index is 373. The van der Waals surface area contributed by atoms with Gasteiger partial charge in [0.15, 0.2) is 0 Å². The monoisotopic (exact) mass is 209 g/mol. The molecule has 82 valence electrons. The van der Waals surface area contributed by atoms with Gasteiger partial charge in [-0.05, 0) is 36.8 Å². The standard InChI is InChI=1S/C11H15NO3/c13-11-14-10(12-15-11)8-3-1-2-5-9-6-4-7-9/h2,5,9H,1,3-4,6-8H2/b5-2-. The molecular formula is C11H15NO3. The van der Waals surface area contributed by atoms with Gasteiger partial charge in [0.2, 0.25) is 5.89 Å². The molecule has 4 heteroatoms. The van der Waals surface area contributed by atoms with Gasteiger partial charge in [-0.25, -0.2) is 4.79 Å². The zero-order chi connectivity index (χ0) is 10.5. The number of hydrogen-bond donors (Lipinski definition) is 0. The molecule has 1 aromatic heterocycles. The second-order valence-electron chi connectivity index (χ2n) is 3.94. The first kappa shape index (κ1) is 10.2. The number of nitrogens with zero attached hydrogens (tertiary/aromatic N) is 1. The highest BCUT2D eigenvalue weighted by Crippen LogP contribution is 2.27. The van der Waals surface area contributed by atoms with Crippen LogP contribution in [0.5, 0.6) is 0 Å². The average Bonchev–Trinajstić information content (AvgIpc) is 2.54. The Kier molecular flexibility index (Phi) is 3.37. The van der Waals surface area contributed by atoms with E-state index in [-0.39, 0.29) is 0 Å². The first-order chi connectivity index (χ1) is 7.34. The Labute approximate surface area is 88.0 Å². The van der Waals surface area contributed by atoms with Gasteiger partial charge in [-0.3, -0.25) is 4.52 Å². The molecule has 1 aliphatic carbocycles. The fraction of sp³-hybridized carbons (Fsp3) is 0.636. The highest BCUT2D eigenvalue weighted by atomic mass is 16.6. The van der Waals surface area contributed by atoms with Crippen molar-refractivity contribution in [3.63, 3.8) is 0 Å². The Morgan fingerprint density at radius 2 is 2.33 bits per heavy atom. The molecule has 0 N–H and O–H groups in total. The molecule has 0 aromatic carbocycles. The van der Waals surface area contributed by atoms with Crippen molar-refractivity contribution in [2.75, 3.05) is 0 Å². The van der Waals surface area contributed by atoms with E-state index in [4.69, 9.17) is 0 Å². The van der Waals surface area contributed by atoms with Gasteiger partial charge in [-0.1, -0.05) is 18.6 Å². The summed E-state index contributed by atoms with van der Waals surface area (Å²) in [6.45, 7) is 0. The molecule has 0 amide bonds. The molecule has 15 heavy (non-hydrogen) atoms. The van der Waals surface area contributed by atoms with Crippen LogP contribution in [0.4, 0.5) is 0 Å². The molecule has 0 saturated heterocycles. The molecule has 1 heterocycles. The fourth-order valence-electron chi connectivity index (χ4n) is 1.61. The molecule has 0 atom stereocenters. The molecule has 1 saturated carbocycles. The normalized spacial score (nSPS) is 17.1. The maximum absolute atomic E-state index is 10.5. The van der Waals surface area contributed by atoms with E-state index in [1.807, 2.05) is 0 Å². The second kappa shape index (κ2) is 4.96. The molecule has 4 nitrogen and oxygen atoms in total. The Hall–Kier alpha value is -1.32. The molecule has 0 unspecified atom stereocenters. The Balaban J connectivity index is 1.62. The molecule has 2 rings (SSSR count). The SMILES string of the molecule is O=c1onc(CCC/C=C\C2CCC2)o1. The maximum Gasteiger partial charge on any atom is 0.542 e. The predicted octanol–water partition coefficient (Wildman–Crippen LogP) is 2.31. The van der Waals surface area contributed by atoms with Gasteiger partial charge in [0.05, 0.1) is 0 Å². The largest absolute Gasteiger partial charge is 0.542 e. The molecule has 1 fully saturated rings. The summed E-state index contributed by atoms with van der Waals surface area (Å²) in [5, 5.41) is 3.50. The van der Waals surface area contributed by atoms with Crippen LogP contribution >= 0.6 is 0 Å². The summed E-state index contributed by atoms with van der Waals surface area (Å²) in [6.07, 6.45) is 11.2.